The molecule has 0 saturated heterocycles. The van der Waals surface area contributed by atoms with Gasteiger partial charge >= 0.3 is 0 Å². The molecule has 1 aliphatic rings. The summed E-state index contributed by atoms with van der Waals surface area (Å²) < 4.78 is 2.57. The van der Waals surface area contributed by atoms with E-state index in [-0.39, 0.29) is 0 Å². The van der Waals surface area contributed by atoms with Gasteiger partial charge in [0.25, 0.3) is 8.24 Å². The molecule has 3 heterocycles. The Hall–Kier alpha value is -7.02. The molecular weight excluding hydrogens is 675 g/mol. The second kappa shape index (κ2) is 12.0. The number of imidazole rings is 1. The normalized spacial score (nSPS) is 14.7. The molecule has 252 valence electrons. The number of benzene rings is 8. The molecule has 10 aromatic rings. The molecule has 54 heavy (non-hydrogen) atoms. The van der Waals surface area contributed by atoms with Crippen molar-refractivity contribution in [1.82, 2.24) is 24.2 Å². The molecule has 0 N–H and O–H groups in total. The quantitative estimate of drug-likeness (QED) is 0.168. The van der Waals surface area contributed by atoms with Gasteiger partial charge in [0.1, 0.15) is 5.82 Å². The zero-order chi connectivity index (χ0) is 35.6. The molecule has 0 spiro atoms. The topological polar surface area (TPSA) is 56.5 Å². The number of para-hydroxylation sites is 2. The summed E-state index contributed by atoms with van der Waals surface area (Å²) in [5.41, 5.74) is 6.21. The van der Waals surface area contributed by atoms with Crippen molar-refractivity contribution < 1.29 is 0 Å². The lowest BCUT2D eigenvalue weighted by atomic mass is 10.1. The fraction of sp³-hybridized carbons (Fsp3) is 0. The predicted molar refractivity (Wildman–Crippen MR) is 223 cm³/mol. The van der Waals surface area contributed by atoms with Gasteiger partial charge in [0.2, 0.25) is 0 Å². The van der Waals surface area contributed by atoms with Crippen LogP contribution in [0.25, 0.3) is 78.1 Å². The first kappa shape index (κ1) is 30.6. The van der Waals surface area contributed by atoms with Crippen LogP contribution in [0.15, 0.2) is 188 Å². The molecular formula is C48H31N5Si. The van der Waals surface area contributed by atoms with E-state index in [4.69, 9.17) is 19.9 Å². The van der Waals surface area contributed by atoms with Gasteiger partial charge in [0.05, 0.1) is 11.0 Å². The van der Waals surface area contributed by atoms with Gasteiger partial charge in [-0.05, 0) is 61.4 Å². The summed E-state index contributed by atoms with van der Waals surface area (Å²) in [7, 11) is -2.84. The predicted octanol–water partition coefficient (Wildman–Crippen LogP) is 9.02. The first-order valence-electron chi connectivity index (χ1n) is 18.2. The van der Waals surface area contributed by atoms with Gasteiger partial charge in [-0.15, -0.1) is 0 Å². The summed E-state index contributed by atoms with van der Waals surface area (Å²) in [6.45, 7) is 0. The molecule has 5 nitrogen and oxygen atoms in total. The van der Waals surface area contributed by atoms with E-state index in [1.165, 1.54) is 31.9 Å². The minimum absolute atomic E-state index is 0.638. The van der Waals surface area contributed by atoms with Crippen LogP contribution in [0.1, 0.15) is 0 Å². The summed E-state index contributed by atoms with van der Waals surface area (Å²) in [5.74, 6) is 2.96. The third-order valence-corrected chi connectivity index (χ3v) is 15.5. The second-order valence-electron chi connectivity index (χ2n) is 13.9. The van der Waals surface area contributed by atoms with Gasteiger partial charge in [0, 0.05) is 22.3 Å². The van der Waals surface area contributed by atoms with Crippen LogP contribution >= 0.6 is 0 Å². The number of hydrogen-bond donors (Lipinski definition) is 0. The molecule has 1 unspecified atom stereocenters. The lowest BCUT2D eigenvalue weighted by Gasteiger charge is -2.32. The van der Waals surface area contributed by atoms with E-state index < -0.39 is 8.24 Å². The Kier molecular flexibility index (Phi) is 6.81. The van der Waals surface area contributed by atoms with Crippen LogP contribution in [0.3, 0.4) is 0 Å². The lowest BCUT2D eigenvalue weighted by Crippen LogP contribution is -2.70. The van der Waals surface area contributed by atoms with E-state index in [9.17, 15) is 0 Å². The maximum Gasteiger partial charge on any atom is 0.259 e. The smallest absolute Gasteiger partial charge is 0.259 e. The fourth-order valence-corrected chi connectivity index (χ4v) is 13.4. The molecule has 0 saturated carbocycles. The van der Waals surface area contributed by atoms with E-state index >= 15 is 0 Å². The Morgan fingerprint density at radius 3 is 1.54 bits per heavy atom. The molecule has 1 aliphatic heterocycles. The molecule has 8 aromatic carbocycles. The number of hydrogen-bond acceptors (Lipinski definition) is 4. The maximum atomic E-state index is 5.23. The second-order valence-corrected chi connectivity index (χ2v) is 17.5. The van der Waals surface area contributed by atoms with Crippen molar-refractivity contribution >= 4 is 56.4 Å². The largest absolute Gasteiger partial charge is 0.339 e. The average Bonchev–Trinajstić information content (AvgIpc) is 3.77. The van der Waals surface area contributed by atoms with Crippen molar-refractivity contribution in [3.05, 3.63) is 188 Å². The Labute approximate surface area is 313 Å². The van der Waals surface area contributed by atoms with Crippen LogP contribution in [0.2, 0.25) is 0 Å². The lowest BCUT2D eigenvalue weighted by molar-refractivity contribution is 1.08. The van der Waals surface area contributed by atoms with Crippen LogP contribution in [0, 0.1) is 0 Å². The molecule has 11 rings (SSSR count). The Balaban J connectivity index is 1.11. The van der Waals surface area contributed by atoms with E-state index in [1.54, 1.807) is 0 Å². The van der Waals surface area contributed by atoms with Gasteiger partial charge < -0.3 is 4.23 Å². The van der Waals surface area contributed by atoms with Gasteiger partial charge in [-0.2, -0.15) is 0 Å². The highest BCUT2D eigenvalue weighted by Gasteiger charge is 2.50. The molecule has 1 atom stereocenters. The monoisotopic (exact) mass is 705 g/mol. The van der Waals surface area contributed by atoms with Crippen molar-refractivity contribution in [2.24, 2.45) is 0 Å². The zero-order valence-corrected chi connectivity index (χ0v) is 30.1. The Morgan fingerprint density at radius 1 is 0.370 bits per heavy atom. The third kappa shape index (κ3) is 4.64. The first-order chi connectivity index (χ1) is 26.7. The van der Waals surface area contributed by atoms with E-state index in [1.807, 2.05) is 0 Å². The molecule has 0 fully saturated rings. The van der Waals surface area contributed by atoms with Gasteiger partial charge in [0.15, 0.2) is 17.5 Å². The minimum Gasteiger partial charge on any atom is -0.339 e. The van der Waals surface area contributed by atoms with Crippen molar-refractivity contribution in [3.8, 4) is 45.6 Å². The Morgan fingerprint density at radius 2 is 0.870 bits per heavy atom. The number of fused-ring (bicyclic) bond motifs is 7. The van der Waals surface area contributed by atoms with Crippen molar-refractivity contribution in [3.63, 3.8) is 0 Å². The SMILES string of the molecule is c1ccc([Si]2(c3ccc(-c4nc(-c5ccc6ccccc6c5)nc(-c5ccc6ccccc6c5)n4)cc3)c3ccccc3-c3nc4ccccc4n32)cc1. The van der Waals surface area contributed by atoms with Crippen LogP contribution in [0.4, 0.5) is 0 Å². The van der Waals surface area contributed by atoms with Crippen LogP contribution in [0.5, 0.6) is 0 Å². The highest BCUT2D eigenvalue weighted by Crippen LogP contribution is 2.35. The van der Waals surface area contributed by atoms with Gasteiger partial charge in [-0.1, -0.05) is 164 Å². The highest BCUT2D eigenvalue weighted by molar-refractivity contribution is 7.12. The standard InChI is InChI=1S/C48H31N5Si/c1-2-16-39(17-3-1)54(44-21-11-8-18-41(44)48-49-42-19-9-10-20-43(42)53(48)54)40-28-26-34(27-29-40)45-50-46(37-24-22-32-12-4-6-14-35(32)30-37)52-47(51-45)38-25-23-33-13-5-7-15-36(33)31-38/h1-31H. The molecule has 0 aliphatic carbocycles. The number of aromatic nitrogens is 5. The van der Waals surface area contributed by atoms with Crippen LogP contribution in [-0.2, 0) is 0 Å². The van der Waals surface area contributed by atoms with E-state index in [0.29, 0.717) is 17.5 Å². The summed E-state index contributed by atoms with van der Waals surface area (Å²) in [6, 6.07) is 66.9. The fourth-order valence-electron chi connectivity index (χ4n) is 8.36. The van der Waals surface area contributed by atoms with E-state index in [0.717, 1.165) is 44.3 Å². The van der Waals surface area contributed by atoms with Gasteiger partial charge in [-0.25, -0.2) is 19.9 Å². The summed E-state index contributed by atoms with van der Waals surface area (Å²) in [5, 5.41) is 8.57. The molecule has 0 bridgehead atoms. The summed E-state index contributed by atoms with van der Waals surface area (Å²) >= 11 is 0. The number of rotatable bonds is 5. The van der Waals surface area contributed by atoms with Gasteiger partial charge in [-0.3, -0.25) is 0 Å². The average molecular weight is 706 g/mol. The van der Waals surface area contributed by atoms with E-state index in [2.05, 4.69) is 192 Å². The highest BCUT2D eigenvalue weighted by atomic mass is 28.3. The van der Waals surface area contributed by atoms with Crippen molar-refractivity contribution in [1.29, 1.82) is 0 Å². The maximum absolute atomic E-state index is 5.23. The van der Waals surface area contributed by atoms with Crippen LogP contribution < -0.4 is 15.6 Å². The summed E-state index contributed by atoms with van der Waals surface area (Å²) in [6.07, 6.45) is 0. The van der Waals surface area contributed by atoms with Crippen LogP contribution in [-0.4, -0.2) is 32.4 Å². The minimum atomic E-state index is -2.84. The molecule has 6 heteroatoms. The first-order valence-corrected chi connectivity index (χ1v) is 20.2. The summed E-state index contributed by atoms with van der Waals surface area (Å²) in [4.78, 5) is 20.6. The number of nitrogens with zero attached hydrogens (tertiary/aromatic N) is 5. The molecule has 0 amide bonds. The van der Waals surface area contributed by atoms with Crippen molar-refractivity contribution in [2.45, 2.75) is 0 Å². The zero-order valence-electron chi connectivity index (χ0n) is 29.1. The Bertz CT molecular complexity index is 2970. The van der Waals surface area contributed by atoms with Crippen molar-refractivity contribution in [2.75, 3.05) is 0 Å². The molecule has 0 radical (unpaired) electrons. The third-order valence-electron chi connectivity index (χ3n) is 10.9. The molecule has 2 aromatic heterocycles.